The van der Waals surface area contributed by atoms with Crippen molar-refractivity contribution in [3.05, 3.63) is 17.5 Å². The highest BCUT2D eigenvalue weighted by Gasteiger charge is 2.30. The number of hydrogen-bond donors (Lipinski definition) is 0. The molecular formula is C12H19NO3S2. The van der Waals surface area contributed by atoms with E-state index in [9.17, 15) is 8.42 Å². The lowest BCUT2D eigenvalue weighted by atomic mass is 10.0. The van der Waals surface area contributed by atoms with Gasteiger partial charge in [-0.15, -0.1) is 11.3 Å². The molecule has 0 aromatic carbocycles. The van der Waals surface area contributed by atoms with Crippen LogP contribution in [0, 0.1) is 5.92 Å². The van der Waals surface area contributed by atoms with Crippen LogP contribution in [0.15, 0.2) is 21.7 Å². The molecule has 0 N–H and O–H groups in total. The summed E-state index contributed by atoms with van der Waals surface area (Å²) in [6.07, 6.45) is 1.97. The Balaban J connectivity index is 2.04. The quantitative estimate of drug-likeness (QED) is 0.834. The molecule has 1 fully saturated rings. The second-order valence-corrected chi connectivity index (χ2v) is 7.58. The van der Waals surface area contributed by atoms with Crippen LogP contribution in [0.25, 0.3) is 0 Å². The van der Waals surface area contributed by atoms with Gasteiger partial charge in [-0.2, -0.15) is 4.31 Å². The van der Waals surface area contributed by atoms with E-state index < -0.39 is 10.0 Å². The topological polar surface area (TPSA) is 46.6 Å². The fourth-order valence-electron chi connectivity index (χ4n) is 2.20. The van der Waals surface area contributed by atoms with Crippen LogP contribution in [-0.4, -0.2) is 39.0 Å². The molecule has 2 heterocycles. The first kappa shape index (κ1) is 14.0. The van der Waals surface area contributed by atoms with Gasteiger partial charge in [0.1, 0.15) is 4.21 Å². The summed E-state index contributed by atoms with van der Waals surface area (Å²) < 4.78 is 32.2. The van der Waals surface area contributed by atoms with E-state index in [4.69, 9.17) is 4.74 Å². The Morgan fingerprint density at radius 2 is 2.39 bits per heavy atom. The maximum atomic E-state index is 12.4. The second-order valence-electron chi connectivity index (χ2n) is 4.46. The van der Waals surface area contributed by atoms with Gasteiger partial charge in [0.15, 0.2) is 0 Å². The van der Waals surface area contributed by atoms with Crippen molar-refractivity contribution in [3.63, 3.8) is 0 Å². The zero-order chi connectivity index (χ0) is 13.0. The molecule has 102 valence electrons. The highest BCUT2D eigenvalue weighted by molar-refractivity contribution is 7.91. The largest absolute Gasteiger partial charge is 0.381 e. The van der Waals surface area contributed by atoms with Gasteiger partial charge >= 0.3 is 0 Å². The lowest BCUT2D eigenvalue weighted by Crippen LogP contribution is -2.40. The molecule has 0 radical (unpaired) electrons. The third-order valence-electron chi connectivity index (χ3n) is 3.13. The van der Waals surface area contributed by atoms with Crippen LogP contribution in [0.2, 0.25) is 0 Å². The highest BCUT2D eigenvalue weighted by Crippen LogP contribution is 2.26. The molecule has 1 aliphatic rings. The van der Waals surface area contributed by atoms with Crippen LogP contribution in [0.5, 0.6) is 0 Å². The van der Waals surface area contributed by atoms with E-state index in [1.54, 1.807) is 21.8 Å². The first-order chi connectivity index (χ1) is 8.64. The Bertz CT molecular complexity index is 456. The normalized spacial score (nSPS) is 22.2. The predicted molar refractivity (Wildman–Crippen MR) is 72.3 cm³/mol. The van der Waals surface area contributed by atoms with Crippen LogP contribution in [0.4, 0.5) is 0 Å². The number of sulfonamides is 1. The molecule has 2 rings (SSSR count). The van der Waals surface area contributed by atoms with Crippen molar-refractivity contribution < 1.29 is 13.2 Å². The van der Waals surface area contributed by atoms with Gasteiger partial charge in [-0.25, -0.2) is 8.42 Å². The van der Waals surface area contributed by atoms with Crippen LogP contribution < -0.4 is 0 Å². The van der Waals surface area contributed by atoms with E-state index in [1.165, 1.54) is 11.3 Å². The number of rotatable bonds is 5. The van der Waals surface area contributed by atoms with E-state index in [-0.39, 0.29) is 0 Å². The molecule has 1 aromatic rings. The van der Waals surface area contributed by atoms with E-state index in [1.807, 2.05) is 6.92 Å². The molecule has 0 amide bonds. The first-order valence-corrected chi connectivity index (χ1v) is 8.58. The minimum atomic E-state index is -3.28. The molecule has 1 saturated heterocycles. The maximum absolute atomic E-state index is 12.4. The smallest absolute Gasteiger partial charge is 0.252 e. The fourth-order valence-corrected chi connectivity index (χ4v) is 4.90. The minimum absolute atomic E-state index is 0.327. The number of piperidine rings is 1. The lowest BCUT2D eigenvalue weighted by Gasteiger charge is -2.31. The summed E-state index contributed by atoms with van der Waals surface area (Å²) in [4.78, 5) is 0. The Morgan fingerprint density at radius 3 is 3.06 bits per heavy atom. The fraction of sp³-hybridized carbons (Fsp3) is 0.667. The molecule has 0 bridgehead atoms. The summed E-state index contributed by atoms with van der Waals surface area (Å²) in [5, 5.41) is 1.80. The Labute approximate surface area is 113 Å². The standard InChI is InChI=1S/C12H19NO3S2/c1-2-16-10-11-5-3-7-13(9-11)18(14,15)12-6-4-8-17-12/h4,6,8,11H,2-3,5,7,9-10H2,1H3. The summed E-state index contributed by atoms with van der Waals surface area (Å²) in [6.45, 7) is 4.52. The van der Waals surface area contributed by atoms with E-state index in [2.05, 4.69) is 0 Å². The first-order valence-electron chi connectivity index (χ1n) is 6.26. The highest BCUT2D eigenvalue weighted by atomic mass is 32.2. The van der Waals surface area contributed by atoms with Gasteiger partial charge in [0.2, 0.25) is 0 Å². The predicted octanol–water partition coefficient (Wildman–Crippen LogP) is 2.19. The summed E-state index contributed by atoms with van der Waals surface area (Å²) >= 11 is 1.28. The molecule has 0 spiro atoms. The van der Waals surface area contributed by atoms with Crippen molar-refractivity contribution in [2.24, 2.45) is 5.92 Å². The van der Waals surface area contributed by atoms with Gasteiger partial charge in [0.05, 0.1) is 6.61 Å². The van der Waals surface area contributed by atoms with Crippen molar-refractivity contribution in [2.75, 3.05) is 26.3 Å². The molecule has 18 heavy (non-hydrogen) atoms. The average molecular weight is 289 g/mol. The molecule has 1 aromatic heterocycles. The van der Waals surface area contributed by atoms with Crippen LogP contribution in [0.3, 0.4) is 0 Å². The molecule has 0 saturated carbocycles. The van der Waals surface area contributed by atoms with Gasteiger partial charge in [0, 0.05) is 19.7 Å². The maximum Gasteiger partial charge on any atom is 0.252 e. The number of nitrogens with zero attached hydrogens (tertiary/aromatic N) is 1. The van der Waals surface area contributed by atoms with Crippen LogP contribution in [-0.2, 0) is 14.8 Å². The van der Waals surface area contributed by atoms with Gasteiger partial charge in [0.25, 0.3) is 10.0 Å². The van der Waals surface area contributed by atoms with Gasteiger partial charge < -0.3 is 4.74 Å². The zero-order valence-corrected chi connectivity index (χ0v) is 12.2. The zero-order valence-electron chi connectivity index (χ0n) is 10.5. The molecule has 4 nitrogen and oxygen atoms in total. The van der Waals surface area contributed by atoms with Gasteiger partial charge in [-0.3, -0.25) is 0 Å². The van der Waals surface area contributed by atoms with Gasteiger partial charge in [-0.05, 0) is 37.1 Å². The molecule has 1 atom stereocenters. The monoisotopic (exact) mass is 289 g/mol. The summed E-state index contributed by atoms with van der Waals surface area (Å²) in [5.41, 5.74) is 0. The molecular weight excluding hydrogens is 270 g/mol. The van der Waals surface area contributed by atoms with Gasteiger partial charge in [-0.1, -0.05) is 6.07 Å². The molecule has 6 heteroatoms. The van der Waals surface area contributed by atoms with E-state index in [0.29, 0.717) is 36.4 Å². The third kappa shape index (κ3) is 3.12. The van der Waals surface area contributed by atoms with Crippen molar-refractivity contribution in [1.82, 2.24) is 4.31 Å². The van der Waals surface area contributed by atoms with Crippen molar-refractivity contribution >= 4 is 21.4 Å². The average Bonchev–Trinajstić information content (AvgIpc) is 2.91. The second kappa shape index (κ2) is 6.14. The van der Waals surface area contributed by atoms with E-state index >= 15 is 0 Å². The number of ether oxygens (including phenoxy) is 1. The Hall–Kier alpha value is -0.430. The summed E-state index contributed by atoms with van der Waals surface area (Å²) in [7, 11) is -3.28. The SMILES string of the molecule is CCOCC1CCCN(S(=O)(=O)c2cccs2)C1. The number of thiophene rings is 1. The summed E-state index contributed by atoms with van der Waals surface area (Å²) in [5.74, 6) is 0.327. The van der Waals surface area contributed by atoms with Crippen molar-refractivity contribution in [3.8, 4) is 0 Å². The Morgan fingerprint density at radius 1 is 1.56 bits per heavy atom. The third-order valence-corrected chi connectivity index (χ3v) is 6.37. The Kier molecular flexibility index (Phi) is 4.77. The van der Waals surface area contributed by atoms with Crippen LogP contribution >= 0.6 is 11.3 Å². The van der Waals surface area contributed by atoms with Crippen molar-refractivity contribution in [1.29, 1.82) is 0 Å². The molecule has 1 aliphatic heterocycles. The van der Waals surface area contributed by atoms with E-state index in [0.717, 1.165) is 12.8 Å². The molecule has 0 aliphatic carbocycles. The summed E-state index contributed by atoms with van der Waals surface area (Å²) in [6, 6.07) is 3.45. The van der Waals surface area contributed by atoms with Crippen molar-refractivity contribution in [2.45, 2.75) is 24.0 Å². The number of hydrogen-bond acceptors (Lipinski definition) is 4. The lowest BCUT2D eigenvalue weighted by molar-refractivity contribution is 0.0864. The van der Waals surface area contributed by atoms with Crippen LogP contribution in [0.1, 0.15) is 19.8 Å². The minimum Gasteiger partial charge on any atom is -0.381 e. The molecule has 1 unspecified atom stereocenters.